The van der Waals surface area contributed by atoms with Crippen LogP contribution in [0.15, 0.2) is 47.6 Å². The molecule has 9 heteroatoms. The molecule has 1 aliphatic heterocycles. The Morgan fingerprint density at radius 3 is 2.55 bits per heavy atom. The molecule has 1 saturated heterocycles. The molecular weight excluding hydrogens is 510 g/mol. The van der Waals surface area contributed by atoms with Crippen molar-refractivity contribution >= 4 is 35.8 Å². The molecule has 2 N–H and O–H groups in total. The van der Waals surface area contributed by atoms with Gasteiger partial charge in [-0.3, -0.25) is 9.89 Å². The van der Waals surface area contributed by atoms with Gasteiger partial charge in [0.05, 0.1) is 19.3 Å². The van der Waals surface area contributed by atoms with Crippen molar-refractivity contribution in [2.75, 3.05) is 58.9 Å². The topological polar surface area (TPSA) is 65.0 Å². The zero-order chi connectivity index (χ0) is 21.3. The Hall–Kier alpha value is -1.98. The molecule has 0 aliphatic carbocycles. The van der Waals surface area contributed by atoms with Gasteiger partial charge >= 0.3 is 0 Å². The largest absolute Gasteiger partial charge is 0.379 e. The van der Waals surface area contributed by atoms with Crippen LogP contribution in [-0.4, -0.2) is 69.8 Å². The fourth-order valence-electron chi connectivity index (χ4n) is 3.45. The summed E-state index contributed by atoms with van der Waals surface area (Å²) in [5.74, 6) is 1.42. The Labute approximate surface area is 201 Å². The second-order valence-corrected chi connectivity index (χ2v) is 7.44. The number of nitrogens with one attached hydrogen (secondary N) is 2. The van der Waals surface area contributed by atoms with Crippen LogP contribution in [0.5, 0.6) is 0 Å². The van der Waals surface area contributed by atoms with Gasteiger partial charge in [0.1, 0.15) is 11.6 Å². The van der Waals surface area contributed by atoms with Crippen molar-refractivity contribution in [3.05, 3.63) is 59.5 Å². The van der Waals surface area contributed by atoms with Crippen LogP contribution in [0.4, 0.5) is 10.2 Å². The van der Waals surface area contributed by atoms with E-state index in [0.29, 0.717) is 26.3 Å². The molecule has 0 radical (unpaired) electrons. The first-order chi connectivity index (χ1) is 14.6. The Kier molecular flexibility index (Phi) is 10.4. The summed E-state index contributed by atoms with van der Waals surface area (Å²) in [6.07, 6.45) is 1.81. The van der Waals surface area contributed by atoms with Gasteiger partial charge in [0.15, 0.2) is 5.96 Å². The SMILES string of the molecule is CN=C(NCc1ccnc(N(C)C)c1)NCC(c1ccc(F)cc1)N1CCOCC1.I. The summed E-state index contributed by atoms with van der Waals surface area (Å²) in [6, 6.07) is 10.9. The molecule has 0 bridgehead atoms. The molecule has 31 heavy (non-hydrogen) atoms. The van der Waals surface area contributed by atoms with Crippen molar-refractivity contribution < 1.29 is 9.13 Å². The highest BCUT2D eigenvalue weighted by Gasteiger charge is 2.23. The van der Waals surface area contributed by atoms with Crippen LogP contribution in [-0.2, 0) is 11.3 Å². The molecule has 3 rings (SSSR count). The summed E-state index contributed by atoms with van der Waals surface area (Å²) in [6.45, 7) is 4.41. The van der Waals surface area contributed by atoms with Crippen molar-refractivity contribution in [2.24, 2.45) is 4.99 Å². The zero-order valence-electron chi connectivity index (χ0n) is 18.3. The third kappa shape index (κ3) is 7.58. The minimum absolute atomic E-state index is 0. The molecular formula is C22H32FIN6O. The maximum absolute atomic E-state index is 13.4. The van der Waals surface area contributed by atoms with Crippen LogP contribution in [0.2, 0.25) is 0 Å². The predicted molar refractivity (Wildman–Crippen MR) is 134 cm³/mol. The van der Waals surface area contributed by atoms with Crippen molar-refractivity contribution in [1.29, 1.82) is 0 Å². The minimum atomic E-state index is -0.223. The molecule has 2 heterocycles. The van der Waals surface area contributed by atoms with Gasteiger partial charge in [-0.05, 0) is 35.4 Å². The van der Waals surface area contributed by atoms with Crippen molar-refractivity contribution in [1.82, 2.24) is 20.5 Å². The number of aliphatic imine (C=N–C) groups is 1. The Balaban J connectivity index is 0.00000341. The van der Waals surface area contributed by atoms with E-state index in [-0.39, 0.29) is 35.8 Å². The van der Waals surface area contributed by atoms with E-state index in [1.807, 2.05) is 43.4 Å². The van der Waals surface area contributed by atoms with Crippen molar-refractivity contribution in [3.8, 4) is 0 Å². The fourth-order valence-corrected chi connectivity index (χ4v) is 3.45. The van der Waals surface area contributed by atoms with Crippen LogP contribution in [0, 0.1) is 5.82 Å². The molecule has 2 aromatic rings. The molecule has 0 saturated carbocycles. The number of hydrogen-bond donors (Lipinski definition) is 2. The van der Waals surface area contributed by atoms with Gasteiger partial charge in [0.25, 0.3) is 0 Å². The highest BCUT2D eigenvalue weighted by molar-refractivity contribution is 14.0. The number of halogens is 2. The van der Waals surface area contributed by atoms with E-state index >= 15 is 0 Å². The number of anilines is 1. The lowest BCUT2D eigenvalue weighted by Crippen LogP contribution is -2.46. The lowest BCUT2D eigenvalue weighted by atomic mass is 10.0. The predicted octanol–water partition coefficient (Wildman–Crippen LogP) is 2.64. The number of guanidine groups is 1. The van der Waals surface area contributed by atoms with E-state index in [2.05, 4.69) is 31.6 Å². The lowest BCUT2D eigenvalue weighted by Gasteiger charge is -2.35. The monoisotopic (exact) mass is 542 g/mol. The molecule has 1 fully saturated rings. The highest BCUT2D eigenvalue weighted by atomic mass is 127. The molecule has 1 aliphatic rings. The van der Waals surface area contributed by atoms with Crippen LogP contribution in [0.3, 0.4) is 0 Å². The first-order valence-corrected chi connectivity index (χ1v) is 10.2. The molecule has 0 amide bonds. The number of hydrogen-bond acceptors (Lipinski definition) is 5. The number of rotatable bonds is 7. The highest BCUT2D eigenvalue weighted by Crippen LogP contribution is 2.21. The summed E-state index contributed by atoms with van der Waals surface area (Å²) in [5, 5.41) is 6.78. The Morgan fingerprint density at radius 1 is 1.19 bits per heavy atom. The van der Waals surface area contributed by atoms with E-state index in [1.165, 1.54) is 12.1 Å². The summed E-state index contributed by atoms with van der Waals surface area (Å²) in [7, 11) is 5.71. The van der Waals surface area contributed by atoms with E-state index in [4.69, 9.17) is 4.74 Å². The quantitative estimate of drug-likeness (QED) is 0.319. The van der Waals surface area contributed by atoms with E-state index in [0.717, 1.165) is 36.0 Å². The number of nitrogens with zero attached hydrogens (tertiary/aromatic N) is 4. The molecule has 1 unspecified atom stereocenters. The molecule has 7 nitrogen and oxygen atoms in total. The van der Waals surface area contributed by atoms with Gasteiger partial charge in [-0.25, -0.2) is 9.37 Å². The molecule has 1 atom stereocenters. The van der Waals surface area contributed by atoms with Crippen molar-refractivity contribution in [2.45, 2.75) is 12.6 Å². The third-order valence-electron chi connectivity index (χ3n) is 5.16. The molecule has 1 aromatic heterocycles. The number of pyridine rings is 1. The van der Waals surface area contributed by atoms with E-state index < -0.39 is 0 Å². The second-order valence-electron chi connectivity index (χ2n) is 7.44. The second kappa shape index (κ2) is 12.8. The normalized spacial score (nSPS) is 15.7. The van der Waals surface area contributed by atoms with Gasteiger partial charge in [-0.15, -0.1) is 24.0 Å². The first kappa shape index (κ1) is 25.3. The lowest BCUT2D eigenvalue weighted by molar-refractivity contribution is 0.0170. The third-order valence-corrected chi connectivity index (χ3v) is 5.16. The fraction of sp³-hybridized carbons (Fsp3) is 0.455. The Morgan fingerprint density at radius 2 is 1.90 bits per heavy atom. The maximum atomic E-state index is 13.4. The van der Waals surface area contributed by atoms with Gasteiger partial charge in [-0.2, -0.15) is 0 Å². The number of morpholine rings is 1. The van der Waals surface area contributed by atoms with Crippen molar-refractivity contribution in [3.63, 3.8) is 0 Å². The molecule has 170 valence electrons. The van der Waals surface area contributed by atoms with E-state index in [1.54, 1.807) is 7.05 Å². The van der Waals surface area contributed by atoms with Gasteiger partial charge < -0.3 is 20.3 Å². The van der Waals surface area contributed by atoms with Gasteiger partial charge in [-0.1, -0.05) is 12.1 Å². The number of ether oxygens (including phenoxy) is 1. The smallest absolute Gasteiger partial charge is 0.191 e. The van der Waals surface area contributed by atoms with E-state index in [9.17, 15) is 4.39 Å². The molecule has 0 spiro atoms. The first-order valence-electron chi connectivity index (χ1n) is 10.2. The van der Waals surface area contributed by atoms with Crippen LogP contribution in [0.1, 0.15) is 17.2 Å². The van der Waals surface area contributed by atoms with Gasteiger partial charge in [0.2, 0.25) is 0 Å². The van der Waals surface area contributed by atoms with Gasteiger partial charge in [0, 0.05) is 53.5 Å². The average Bonchev–Trinajstić information content (AvgIpc) is 2.78. The maximum Gasteiger partial charge on any atom is 0.191 e. The van der Waals surface area contributed by atoms with Crippen LogP contribution >= 0.6 is 24.0 Å². The summed E-state index contributed by atoms with van der Waals surface area (Å²) in [4.78, 5) is 13.0. The Bertz CT molecular complexity index is 827. The average molecular weight is 542 g/mol. The summed E-state index contributed by atoms with van der Waals surface area (Å²) >= 11 is 0. The van der Waals surface area contributed by atoms with Crippen LogP contribution in [0.25, 0.3) is 0 Å². The number of benzene rings is 1. The summed E-state index contributed by atoms with van der Waals surface area (Å²) < 4.78 is 18.9. The van der Waals surface area contributed by atoms with Crippen LogP contribution < -0.4 is 15.5 Å². The molecule has 1 aromatic carbocycles. The summed E-state index contributed by atoms with van der Waals surface area (Å²) in [5.41, 5.74) is 2.20. The minimum Gasteiger partial charge on any atom is -0.379 e. The zero-order valence-corrected chi connectivity index (χ0v) is 20.7. The standard InChI is InChI=1S/C22H31FN6O.HI/c1-24-22(26-15-17-8-9-25-21(14-17)28(2)3)27-16-20(29-10-12-30-13-11-29)18-4-6-19(23)7-5-18;/h4-9,14,20H,10-13,15-16H2,1-3H3,(H2,24,26,27);1H. The number of aromatic nitrogens is 1.